The predicted octanol–water partition coefficient (Wildman–Crippen LogP) is 10.1. The van der Waals surface area contributed by atoms with Crippen LogP contribution in [-0.4, -0.2) is 28.0 Å². The Balaban J connectivity index is 0.973. The number of thioether (sulfide) groups is 1. The molecule has 3 amide bonds. The molecule has 272 valence electrons. The van der Waals surface area contributed by atoms with Gasteiger partial charge in [0.1, 0.15) is 18.1 Å². The lowest BCUT2D eigenvalue weighted by Crippen LogP contribution is -2.30. The van der Waals surface area contributed by atoms with E-state index in [1.807, 2.05) is 103 Å². The second-order valence-corrected chi connectivity index (χ2v) is 14.8. The Bertz CT molecular complexity index is 2450. The molecule has 1 atom stereocenters. The third kappa shape index (κ3) is 9.94. The van der Waals surface area contributed by atoms with Gasteiger partial charge in [0.25, 0.3) is 11.8 Å². The molecule has 7 rings (SSSR count). The zero-order valence-corrected chi connectivity index (χ0v) is 31.4. The summed E-state index contributed by atoms with van der Waals surface area (Å²) in [5, 5.41) is 13.0. The largest absolute Gasteiger partial charge is 0.489 e. The molecule has 0 bridgehead atoms. The number of carbonyl (C=O) groups excluding carboxylic acids is 3. The van der Waals surface area contributed by atoms with Crippen LogP contribution in [0.2, 0.25) is 0 Å². The topological polar surface area (TPSA) is 109 Å². The lowest BCUT2D eigenvalue weighted by atomic mass is 10.1. The van der Waals surface area contributed by atoms with Gasteiger partial charge in [0.05, 0.1) is 10.9 Å². The van der Waals surface area contributed by atoms with Crippen molar-refractivity contribution in [2.45, 2.75) is 23.7 Å². The summed E-state index contributed by atoms with van der Waals surface area (Å²) >= 11 is 2.78. The summed E-state index contributed by atoms with van der Waals surface area (Å²) in [6.45, 7) is 2.27. The first-order chi connectivity index (χ1) is 26.9. The van der Waals surface area contributed by atoms with Crippen molar-refractivity contribution in [3.05, 3.63) is 179 Å². The van der Waals surface area contributed by atoms with E-state index in [1.165, 1.54) is 23.1 Å². The number of hydrogen-bond donors (Lipinski definition) is 3. The minimum Gasteiger partial charge on any atom is -0.489 e. The van der Waals surface area contributed by atoms with E-state index in [0.29, 0.717) is 34.3 Å². The highest BCUT2D eigenvalue weighted by Gasteiger charge is 2.18. The molecule has 0 spiro atoms. The molecule has 1 aromatic heterocycles. The third-order valence-corrected chi connectivity index (χ3v) is 10.4. The van der Waals surface area contributed by atoms with Gasteiger partial charge >= 0.3 is 0 Å². The molecule has 0 radical (unpaired) electrons. The van der Waals surface area contributed by atoms with Gasteiger partial charge in [-0.25, -0.2) is 4.98 Å². The molecule has 0 saturated heterocycles. The fourth-order valence-electron chi connectivity index (χ4n) is 5.60. The molecule has 0 saturated carbocycles. The maximum atomic E-state index is 13.6. The van der Waals surface area contributed by atoms with Crippen LogP contribution in [0.4, 0.5) is 10.8 Å². The van der Waals surface area contributed by atoms with Gasteiger partial charge in [0.2, 0.25) is 5.91 Å². The highest BCUT2D eigenvalue weighted by atomic mass is 32.2. The molecule has 1 heterocycles. The first kappa shape index (κ1) is 36.9. The van der Waals surface area contributed by atoms with Crippen LogP contribution in [0.25, 0.3) is 28.1 Å². The number of hydrogen-bond acceptors (Lipinski definition) is 7. The Labute approximate surface area is 327 Å². The average Bonchev–Trinajstić information content (AvgIpc) is 3.70. The molecule has 3 N–H and O–H groups in total. The monoisotopic (exact) mass is 760 g/mol. The highest BCUT2D eigenvalue weighted by molar-refractivity contribution is 8.00. The molecule has 0 fully saturated rings. The van der Waals surface area contributed by atoms with Crippen LogP contribution >= 0.6 is 23.1 Å². The second kappa shape index (κ2) is 17.6. The quantitative estimate of drug-likeness (QED) is 0.0798. The summed E-state index contributed by atoms with van der Waals surface area (Å²) in [6, 6.07) is 47.4. The SMILES string of the molecule is CC(Sc1ccc(NC(=O)/C(=C/c2ccc(OCc3ccccc3)cc2)NC(=O)c2ccccc2)cc1)C(=O)Nc1nc(-c2ccc3ccccc3c2)cs1. The van der Waals surface area contributed by atoms with E-state index in [2.05, 4.69) is 45.2 Å². The number of benzene rings is 6. The minimum absolute atomic E-state index is 0.0708. The van der Waals surface area contributed by atoms with Crippen molar-refractivity contribution in [2.24, 2.45) is 0 Å². The lowest BCUT2D eigenvalue weighted by molar-refractivity contribution is -0.115. The van der Waals surface area contributed by atoms with Crippen molar-refractivity contribution >= 4 is 68.5 Å². The maximum Gasteiger partial charge on any atom is 0.272 e. The number of fused-ring (bicyclic) bond motifs is 1. The average molecular weight is 761 g/mol. The van der Waals surface area contributed by atoms with Crippen LogP contribution in [0.5, 0.6) is 5.75 Å². The van der Waals surface area contributed by atoms with Gasteiger partial charge in [0, 0.05) is 27.1 Å². The van der Waals surface area contributed by atoms with Crippen molar-refractivity contribution in [3.8, 4) is 17.0 Å². The van der Waals surface area contributed by atoms with Crippen molar-refractivity contribution in [3.63, 3.8) is 0 Å². The molecule has 55 heavy (non-hydrogen) atoms. The molecule has 10 heteroatoms. The summed E-state index contributed by atoms with van der Waals surface area (Å²) in [5.74, 6) is -0.388. The lowest BCUT2D eigenvalue weighted by Gasteiger charge is -2.13. The summed E-state index contributed by atoms with van der Waals surface area (Å²) in [6.07, 6.45) is 1.62. The zero-order chi connectivity index (χ0) is 38.0. The van der Waals surface area contributed by atoms with Crippen molar-refractivity contribution in [1.82, 2.24) is 10.3 Å². The van der Waals surface area contributed by atoms with Gasteiger partial charge in [-0.1, -0.05) is 97.1 Å². The Morgan fingerprint density at radius 1 is 0.764 bits per heavy atom. The van der Waals surface area contributed by atoms with Crippen molar-refractivity contribution in [2.75, 3.05) is 10.6 Å². The molecule has 7 aromatic rings. The number of amides is 3. The number of carbonyl (C=O) groups is 3. The fourth-order valence-corrected chi connectivity index (χ4v) is 7.19. The van der Waals surface area contributed by atoms with Gasteiger partial charge in [-0.3, -0.25) is 14.4 Å². The summed E-state index contributed by atoms with van der Waals surface area (Å²) < 4.78 is 5.91. The highest BCUT2D eigenvalue weighted by Crippen LogP contribution is 2.30. The Hall–Kier alpha value is -6.49. The van der Waals surface area contributed by atoms with Gasteiger partial charge in [-0.15, -0.1) is 23.1 Å². The van der Waals surface area contributed by atoms with Crippen LogP contribution in [0.3, 0.4) is 0 Å². The van der Waals surface area contributed by atoms with Crippen LogP contribution in [0.15, 0.2) is 168 Å². The Morgan fingerprint density at radius 3 is 2.20 bits per heavy atom. The van der Waals surface area contributed by atoms with Gasteiger partial charge < -0.3 is 20.7 Å². The van der Waals surface area contributed by atoms with Crippen LogP contribution < -0.4 is 20.7 Å². The van der Waals surface area contributed by atoms with E-state index in [1.54, 1.807) is 42.5 Å². The molecule has 6 aromatic carbocycles. The standard InChI is InChI=1S/C45H36N4O4S2/c1-30(42(50)49-45-48-41(29-54-45)36-19-18-33-12-8-9-15-35(33)27-36)55-39-24-20-37(21-25-39)46-44(52)40(47-43(51)34-13-6-3-7-14-34)26-31-16-22-38(23-17-31)53-28-32-10-4-2-5-11-32/h2-27,29-30H,28H2,1H3,(H,46,52)(H,47,51)(H,48,49,50)/b40-26-. The molecule has 0 aliphatic rings. The van der Waals surface area contributed by atoms with Crippen LogP contribution in [0.1, 0.15) is 28.4 Å². The molecule has 0 aliphatic carbocycles. The van der Waals surface area contributed by atoms with Crippen LogP contribution in [0, 0.1) is 0 Å². The smallest absolute Gasteiger partial charge is 0.272 e. The van der Waals surface area contributed by atoms with Gasteiger partial charge in [0.15, 0.2) is 5.13 Å². The third-order valence-electron chi connectivity index (χ3n) is 8.54. The fraction of sp³-hybridized carbons (Fsp3) is 0.0667. The molecule has 8 nitrogen and oxygen atoms in total. The normalized spacial score (nSPS) is 11.8. The van der Waals surface area contributed by atoms with E-state index in [9.17, 15) is 14.4 Å². The van der Waals surface area contributed by atoms with Crippen LogP contribution in [-0.2, 0) is 16.2 Å². The molecular weight excluding hydrogens is 725 g/mol. The summed E-state index contributed by atoms with van der Waals surface area (Å²) in [7, 11) is 0. The van der Waals surface area contributed by atoms with E-state index >= 15 is 0 Å². The number of rotatable bonds is 13. The Morgan fingerprint density at radius 2 is 1.45 bits per heavy atom. The minimum atomic E-state index is -0.492. The number of ether oxygens (including phenoxy) is 1. The summed E-state index contributed by atoms with van der Waals surface area (Å²) in [5.41, 5.74) is 4.58. The number of thiazole rings is 1. The number of aromatic nitrogens is 1. The summed E-state index contributed by atoms with van der Waals surface area (Å²) in [4.78, 5) is 45.3. The first-order valence-corrected chi connectivity index (χ1v) is 19.3. The zero-order valence-electron chi connectivity index (χ0n) is 29.8. The molecular formula is C45H36N4O4S2. The molecule has 0 aliphatic heterocycles. The number of nitrogens with zero attached hydrogens (tertiary/aromatic N) is 1. The second-order valence-electron chi connectivity index (χ2n) is 12.5. The van der Waals surface area contributed by atoms with E-state index < -0.39 is 17.1 Å². The van der Waals surface area contributed by atoms with Gasteiger partial charge in [-0.05, 0) is 89.5 Å². The van der Waals surface area contributed by atoms with Crippen molar-refractivity contribution in [1.29, 1.82) is 0 Å². The maximum absolute atomic E-state index is 13.6. The molecule has 1 unspecified atom stereocenters. The number of nitrogens with one attached hydrogen (secondary N) is 3. The van der Waals surface area contributed by atoms with E-state index in [0.717, 1.165) is 32.5 Å². The Kier molecular flexibility index (Phi) is 11.8. The van der Waals surface area contributed by atoms with Crippen molar-refractivity contribution < 1.29 is 19.1 Å². The first-order valence-electron chi connectivity index (χ1n) is 17.5. The van der Waals surface area contributed by atoms with E-state index in [-0.39, 0.29) is 11.6 Å². The predicted molar refractivity (Wildman–Crippen MR) is 223 cm³/mol. The number of anilines is 2. The van der Waals surface area contributed by atoms with E-state index in [4.69, 9.17) is 4.74 Å². The van der Waals surface area contributed by atoms with Gasteiger partial charge in [-0.2, -0.15) is 0 Å².